The summed E-state index contributed by atoms with van der Waals surface area (Å²) < 4.78 is 15.5. The molecule has 0 bridgehead atoms. The van der Waals surface area contributed by atoms with Crippen molar-refractivity contribution in [1.29, 1.82) is 0 Å². The fraction of sp³-hybridized carbons (Fsp3) is 0.545. The lowest BCUT2D eigenvalue weighted by Gasteiger charge is -2.16. The first-order valence-electron chi connectivity index (χ1n) is 6.18. The van der Waals surface area contributed by atoms with E-state index in [1.807, 2.05) is 0 Å². The van der Waals surface area contributed by atoms with Crippen molar-refractivity contribution in [3.05, 3.63) is 16.7 Å². The lowest BCUT2D eigenvalue weighted by molar-refractivity contribution is 0.0400. The Labute approximate surface area is 112 Å². The Balaban J connectivity index is 2.09. The number of aliphatic hydroxyl groups excluding tert-OH is 2. The summed E-state index contributed by atoms with van der Waals surface area (Å²) in [6, 6.07) is -0.735. The maximum absolute atomic E-state index is 14.2. The first-order valence-corrected chi connectivity index (χ1v) is 6.18. The van der Waals surface area contributed by atoms with Crippen LogP contribution in [0.4, 0.5) is 10.3 Å². The summed E-state index contributed by atoms with van der Waals surface area (Å²) >= 11 is 0. The molecule has 2 aromatic heterocycles. The molecule has 0 unspecified atom stereocenters. The molecular formula is C11H14FN5O3. The second kappa shape index (κ2) is 4.53. The van der Waals surface area contributed by atoms with Gasteiger partial charge in [-0.2, -0.15) is 4.98 Å². The molecule has 0 saturated heterocycles. The number of nitrogens with zero attached hydrogens (tertiary/aromatic N) is 3. The van der Waals surface area contributed by atoms with E-state index in [2.05, 4.69) is 15.0 Å². The molecule has 8 nitrogen and oxygen atoms in total. The number of H-pyrrole nitrogens is 1. The average molecular weight is 283 g/mol. The minimum Gasteiger partial charge on any atom is -0.396 e. The van der Waals surface area contributed by atoms with Crippen LogP contribution in [0.15, 0.2) is 11.1 Å². The van der Waals surface area contributed by atoms with Gasteiger partial charge in [0.2, 0.25) is 5.95 Å². The van der Waals surface area contributed by atoms with E-state index in [4.69, 9.17) is 10.8 Å². The first-order chi connectivity index (χ1) is 9.52. The zero-order chi connectivity index (χ0) is 14.4. The van der Waals surface area contributed by atoms with Gasteiger partial charge in [0, 0.05) is 12.5 Å². The van der Waals surface area contributed by atoms with E-state index in [0.717, 1.165) is 0 Å². The predicted molar refractivity (Wildman–Crippen MR) is 67.7 cm³/mol. The minimum atomic E-state index is -1.56. The largest absolute Gasteiger partial charge is 0.396 e. The van der Waals surface area contributed by atoms with Crippen LogP contribution in [0.1, 0.15) is 12.5 Å². The van der Waals surface area contributed by atoms with Crippen molar-refractivity contribution >= 4 is 17.1 Å². The van der Waals surface area contributed by atoms with E-state index in [9.17, 15) is 14.3 Å². The van der Waals surface area contributed by atoms with Crippen LogP contribution in [0.25, 0.3) is 11.2 Å². The Bertz CT molecular complexity index is 699. The standard InChI is InChI=1S/C11H14FN5O3/c12-6-5(1-4(2-18)8(6)19)17-3-14-7-9(17)15-11(13)16-10(7)20/h3-6,8,18-19H,1-2H2,(H3,13,15,16,20)/t4-,5-,6+,8-/m1/s1. The smallest absolute Gasteiger partial charge is 0.280 e. The second-order valence-corrected chi connectivity index (χ2v) is 4.96. The van der Waals surface area contributed by atoms with Gasteiger partial charge in [0.25, 0.3) is 5.56 Å². The summed E-state index contributed by atoms with van der Waals surface area (Å²) in [5.74, 6) is -0.635. The topological polar surface area (TPSA) is 130 Å². The summed E-state index contributed by atoms with van der Waals surface area (Å²) in [6.07, 6.45) is -1.27. The number of imidazole rings is 1. The average Bonchev–Trinajstić information content (AvgIpc) is 2.93. The van der Waals surface area contributed by atoms with Crippen molar-refractivity contribution in [2.45, 2.75) is 24.7 Å². The highest BCUT2D eigenvalue weighted by Crippen LogP contribution is 2.38. The number of fused-ring (bicyclic) bond motifs is 1. The normalized spacial score (nSPS) is 30.1. The molecule has 4 atom stereocenters. The number of rotatable bonds is 2. The number of nitrogens with one attached hydrogen (secondary N) is 1. The van der Waals surface area contributed by atoms with Gasteiger partial charge in [-0.3, -0.25) is 9.78 Å². The highest BCUT2D eigenvalue weighted by Gasteiger charge is 2.44. The minimum absolute atomic E-state index is 0.0633. The van der Waals surface area contributed by atoms with E-state index in [1.54, 1.807) is 0 Å². The van der Waals surface area contributed by atoms with Crippen LogP contribution >= 0.6 is 0 Å². The molecule has 0 aliphatic heterocycles. The van der Waals surface area contributed by atoms with Crippen molar-refractivity contribution in [2.75, 3.05) is 12.3 Å². The number of alkyl halides is 1. The number of hydrogen-bond donors (Lipinski definition) is 4. The highest BCUT2D eigenvalue weighted by molar-refractivity contribution is 5.70. The highest BCUT2D eigenvalue weighted by atomic mass is 19.1. The maximum atomic E-state index is 14.2. The van der Waals surface area contributed by atoms with E-state index in [0.29, 0.717) is 0 Å². The van der Waals surface area contributed by atoms with Gasteiger partial charge < -0.3 is 20.5 Å². The van der Waals surface area contributed by atoms with Crippen LogP contribution in [-0.4, -0.2) is 48.6 Å². The molecule has 1 fully saturated rings. The molecule has 1 aliphatic rings. The van der Waals surface area contributed by atoms with Gasteiger partial charge in [-0.05, 0) is 6.42 Å². The lowest BCUT2D eigenvalue weighted by Crippen LogP contribution is -2.27. The number of nitrogen functional groups attached to an aromatic ring is 1. The zero-order valence-corrected chi connectivity index (χ0v) is 10.4. The molecule has 5 N–H and O–H groups in total. The number of aliphatic hydroxyl groups is 2. The molecule has 0 spiro atoms. The lowest BCUT2D eigenvalue weighted by atomic mass is 10.1. The molecule has 1 aliphatic carbocycles. The molecule has 20 heavy (non-hydrogen) atoms. The molecule has 2 aromatic rings. The fourth-order valence-electron chi connectivity index (χ4n) is 2.70. The molecule has 9 heteroatoms. The fourth-order valence-corrected chi connectivity index (χ4v) is 2.70. The van der Waals surface area contributed by atoms with Crippen molar-refractivity contribution < 1.29 is 14.6 Å². The van der Waals surface area contributed by atoms with Crippen LogP contribution in [0.3, 0.4) is 0 Å². The molecule has 3 rings (SSSR count). The van der Waals surface area contributed by atoms with E-state index >= 15 is 0 Å². The molecule has 1 saturated carbocycles. The van der Waals surface area contributed by atoms with Gasteiger partial charge in [0.1, 0.15) is 6.17 Å². The van der Waals surface area contributed by atoms with E-state index in [1.165, 1.54) is 10.9 Å². The third-order valence-corrected chi connectivity index (χ3v) is 3.76. The summed E-state index contributed by atoms with van der Waals surface area (Å²) in [4.78, 5) is 21.8. The van der Waals surface area contributed by atoms with Gasteiger partial charge in [-0.25, -0.2) is 9.37 Å². The third kappa shape index (κ3) is 1.78. The summed E-state index contributed by atoms with van der Waals surface area (Å²) in [5, 5.41) is 18.9. The molecule has 0 amide bonds. The monoisotopic (exact) mass is 283 g/mol. The number of hydrogen-bond acceptors (Lipinski definition) is 6. The van der Waals surface area contributed by atoms with E-state index in [-0.39, 0.29) is 30.1 Å². The van der Waals surface area contributed by atoms with Gasteiger partial charge in [0.05, 0.1) is 18.5 Å². The van der Waals surface area contributed by atoms with Crippen LogP contribution in [0, 0.1) is 5.92 Å². The second-order valence-electron chi connectivity index (χ2n) is 4.96. The van der Waals surface area contributed by atoms with Gasteiger partial charge in [-0.1, -0.05) is 0 Å². The van der Waals surface area contributed by atoms with Crippen molar-refractivity contribution in [3.8, 4) is 0 Å². The SMILES string of the molecule is Nc1nc2c(ncn2[C@@H]2C[C@H](CO)[C@@H](O)[C@H]2F)c(=O)[nH]1. The molecule has 0 aromatic carbocycles. The maximum Gasteiger partial charge on any atom is 0.280 e. The molecule has 108 valence electrons. The van der Waals surface area contributed by atoms with Crippen molar-refractivity contribution in [2.24, 2.45) is 5.92 Å². The van der Waals surface area contributed by atoms with Gasteiger partial charge in [0.15, 0.2) is 11.2 Å². The number of nitrogens with two attached hydrogens (primary N) is 1. The Morgan fingerprint density at radius 1 is 1.60 bits per heavy atom. The number of halogens is 1. The van der Waals surface area contributed by atoms with Gasteiger partial charge in [-0.15, -0.1) is 0 Å². The van der Waals surface area contributed by atoms with Crippen LogP contribution in [0.5, 0.6) is 0 Å². The van der Waals surface area contributed by atoms with E-state index < -0.39 is 29.8 Å². The summed E-state index contributed by atoms with van der Waals surface area (Å²) in [5.41, 5.74) is 5.21. The third-order valence-electron chi connectivity index (χ3n) is 3.76. The van der Waals surface area contributed by atoms with Crippen LogP contribution in [-0.2, 0) is 0 Å². The predicted octanol–water partition coefficient (Wildman–Crippen LogP) is -1.05. The molecule has 2 heterocycles. The Morgan fingerprint density at radius 2 is 2.35 bits per heavy atom. The summed E-state index contributed by atoms with van der Waals surface area (Å²) in [6.45, 7) is -0.305. The van der Waals surface area contributed by atoms with Crippen LogP contribution in [0.2, 0.25) is 0 Å². The molecular weight excluding hydrogens is 269 g/mol. The van der Waals surface area contributed by atoms with Crippen LogP contribution < -0.4 is 11.3 Å². The zero-order valence-electron chi connectivity index (χ0n) is 10.4. The molecule has 0 radical (unpaired) electrons. The van der Waals surface area contributed by atoms with Gasteiger partial charge >= 0.3 is 0 Å². The summed E-state index contributed by atoms with van der Waals surface area (Å²) in [7, 11) is 0. The Morgan fingerprint density at radius 3 is 3.00 bits per heavy atom. The number of anilines is 1. The van der Waals surface area contributed by atoms with Crippen molar-refractivity contribution in [3.63, 3.8) is 0 Å². The Hall–Kier alpha value is -2.00. The van der Waals surface area contributed by atoms with Crippen molar-refractivity contribution in [1.82, 2.24) is 19.5 Å². The quantitative estimate of drug-likeness (QED) is 0.556. The first kappa shape index (κ1) is 13.0. The Kier molecular flexibility index (Phi) is 2.94. The number of aromatic amines is 1. The number of aromatic nitrogens is 4.